The quantitative estimate of drug-likeness (QED) is 0.0683. The molecule has 0 unspecified atom stereocenters. The average Bonchev–Trinajstić information content (AvgIpc) is 2.95. The smallest absolute Gasteiger partial charge is 0.189 e. The van der Waals surface area contributed by atoms with Crippen molar-refractivity contribution in [3.8, 4) is 11.3 Å². The fraction of sp³-hybridized carbons (Fsp3) is 0.0857. The van der Waals surface area contributed by atoms with Crippen LogP contribution in [0.3, 0.4) is 0 Å². The summed E-state index contributed by atoms with van der Waals surface area (Å²) >= 11 is 0. The molecule has 5 aromatic rings. The van der Waals surface area contributed by atoms with Crippen LogP contribution in [0.1, 0.15) is 46.5 Å². The fourth-order valence-electron chi connectivity index (χ4n) is 5.29. The van der Waals surface area contributed by atoms with E-state index in [1.807, 2.05) is 41.1 Å². The van der Waals surface area contributed by atoms with Gasteiger partial charge in [-0.2, -0.15) is 18.6 Å². The third-order valence-corrected chi connectivity index (χ3v) is 7.23. The molecule has 4 aromatic carbocycles. The Kier molecular flexibility index (Phi) is 8.29. The molecule has 1 N–H and O–H groups in total. The van der Waals surface area contributed by atoms with Crippen molar-refractivity contribution >= 4 is 22.3 Å². The molecule has 1 aromatic heterocycles. The van der Waals surface area contributed by atoms with Crippen LogP contribution in [0.5, 0.6) is 0 Å². The summed E-state index contributed by atoms with van der Waals surface area (Å²) in [6, 6.07) is 29.4. The van der Waals surface area contributed by atoms with Gasteiger partial charge in [0.25, 0.3) is 0 Å². The van der Waals surface area contributed by atoms with E-state index in [0.717, 1.165) is 33.2 Å². The predicted octanol–water partition coefficient (Wildman–Crippen LogP) is 7.86. The number of halogens is 1. The zero-order valence-corrected chi connectivity index (χ0v) is 24.7. The Hall–Kier alpha value is -4.18. The zero-order chi connectivity index (χ0) is 27.7. The standard InChI is InChI=1S/C20H17FN.C15H12O2.Ir/c1-12-8-9-15(21)18-16(12)19-17-13(10-11-22(19)4)6-5-7-14(17)20(18,2)3;16-14(12-7-3-1-4-8-12)11-15(17)13-9-5-2-6-10-13;/h5-11H,1,4H2,2-3H3;1-11,16H;/q-1;;. The van der Waals surface area contributed by atoms with Crippen molar-refractivity contribution in [2.75, 3.05) is 0 Å². The minimum Gasteiger partial charge on any atom is -0.507 e. The van der Waals surface area contributed by atoms with Gasteiger partial charge in [-0.3, -0.25) is 4.79 Å². The van der Waals surface area contributed by atoms with Gasteiger partial charge in [-0.15, -0.1) is 5.56 Å². The number of hydrogen-bond donors (Lipinski definition) is 1. The van der Waals surface area contributed by atoms with Crippen molar-refractivity contribution in [3.05, 3.63) is 157 Å². The number of aromatic nitrogens is 1. The number of rotatable bonds is 3. The summed E-state index contributed by atoms with van der Waals surface area (Å²) in [6.07, 6.45) is 3.17. The number of pyridine rings is 1. The van der Waals surface area contributed by atoms with E-state index in [-0.39, 0.29) is 37.5 Å². The molecule has 203 valence electrons. The normalized spacial score (nSPS) is 12.9. The second-order valence-corrected chi connectivity index (χ2v) is 10.1. The third-order valence-electron chi connectivity index (χ3n) is 7.23. The maximum absolute atomic E-state index is 14.7. The van der Waals surface area contributed by atoms with E-state index in [1.54, 1.807) is 42.5 Å². The maximum atomic E-state index is 14.7. The van der Waals surface area contributed by atoms with Crippen molar-refractivity contribution in [2.45, 2.75) is 19.3 Å². The Morgan fingerprint density at radius 3 is 2.15 bits per heavy atom. The summed E-state index contributed by atoms with van der Waals surface area (Å²) in [6.45, 7) is 8.29. The molecule has 0 fully saturated rings. The monoisotopic (exact) mass is 707 g/mol. The van der Waals surface area contributed by atoms with Crippen molar-refractivity contribution in [1.82, 2.24) is 0 Å². The number of aliphatic hydroxyl groups is 1. The summed E-state index contributed by atoms with van der Waals surface area (Å²) in [4.78, 5) is 11.8. The van der Waals surface area contributed by atoms with E-state index in [2.05, 4.69) is 46.0 Å². The first-order chi connectivity index (χ1) is 18.7. The van der Waals surface area contributed by atoms with Gasteiger partial charge in [0.2, 0.25) is 0 Å². The van der Waals surface area contributed by atoms with Gasteiger partial charge in [-0.25, -0.2) is 4.39 Å². The van der Waals surface area contributed by atoms with Crippen LogP contribution in [-0.4, -0.2) is 10.9 Å². The van der Waals surface area contributed by atoms with Gasteiger partial charge in [0, 0.05) is 49.8 Å². The number of fused-ring (bicyclic) bond motifs is 2. The molecular weight excluding hydrogens is 678 g/mol. The Balaban J connectivity index is 0.000000187. The van der Waals surface area contributed by atoms with E-state index in [1.165, 1.54) is 12.1 Å². The summed E-state index contributed by atoms with van der Waals surface area (Å²) in [5.74, 6) is -0.398. The van der Waals surface area contributed by atoms with E-state index >= 15 is 0 Å². The Morgan fingerprint density at radius 2 is 1.50 bits per heavy atom. The number of nitrogens with zero attached hydrogens (tertiary/aromatic N) is 1. The van der Waals surface area contributed by atoms with E-state index in [0.29, 0.717) is 16.7 Å². The number of carbonyl (C=O) groups excluding carboxylic acids is 1. The average molecular weight is 707 g/mol. The molecule has 0 saturated carbocycles. The second-order valence-electron chi connectivity index (χ2n) is 10.1. The van der Waals surface area contributed by atoms with Gasteiger partial charge in [0.1, 0.15) is 11.6 Å². The van der Waals surface area contributed by atoms with Crippen LogP contribution in [0, 0.1) is 19.8 Å². The van der Waals surface area contributed by atoms with Crippen molar-refractivity contribution in [2.24, 2.45) is 0 Å². The van der Waals surface area contributed by atoms with E-state index in [4.69, 9.17) is 0 Å². The minimum atomic E-state index is -0.409. The second kappa shape index (κ2) is 11.5. The number of carbonyl (C=O) groups is 1. The fourth-order valence-corrected chi connectivity index (χ4v) is 5.29. The molecule has 5 heteroatoms. The third kappa shape index (κ3) is 5.18. The molecule has 3 nitrogen and oxygen atoms in total. The van der Waals surface area contributed by atoms with Gasteiger partial charge in [-0.1, -0.05) is 104 Å². The molecule has 1 radical (unpaired) electrons. The Bertz CT molecular complexity index is 1730. The van der Waals surface area contributed by atoms with E-state index in [9.17, 15) is 14.3 Å². The maximum Gasteiger partial charge on any atom is 0.189 e. The molecule has 0 bridgehead atoms. The number of benzene rings is 4. The molecular formula is C35H29FIrNO2-. The molecule has 40 heavy (non-hydrogen) atoms. The van der Waals surface area contributed by atoms with Crippen LogP contribution in [0.25, 0.3) is 27.8 Å². The first kappa shape index (κ1) is 28.8. The molecule has 0 aliphatic heterocycles. The minimum absolute atomic E-state index is 0. The van der Waals surface area contributed by atoms with Crippen LogP contribution < -0.4 is 4.57 Å². The molecule has 1 heterocycles. The topological polar surface area (TPSA) is 41.2 Å². The molecule has 6 rings (SSSR count). The van der Waals surface area contributed by atoms with E-state index < -0.39 is 5.41 Å². The molecule has 0 atom stereocenters. The van der Waals surface area contributed by atoms with Crippen molar-refractivity contribution in [3.63, 3.8) is 0 Å². The molecule has 0 amide bonds. The largest absolute Gasteiger partial charge is 0.507 e. The van der Waals surface area contributed by atoms with Crippen LogP contribution in [-0.2, 0) is 25.5 Å². The molecule has 0 spiro atoms. The molecule has 1 aliphatic rings. The Morgan fingerprint density at radius 1 is 0.875 bits per heavy atom. The molecule has 1 aliphatic carbocycles. The number of hydrogen-bond acceptors (Lipinski definition) is 2. The van der Waals surface area contributed by atoms with Gasteiger partial charge < -0.3 is 9.67 Å². The summed E-state index contributed by atoms with van der Waals surface area (Å²) in [5, 5.41) is 12.1. The van der Waals surface area contributed by atoms with Gasteiger partial charge >= 0.3 is 0 Å². The number of ketones is 1. The van der Waals surface area contributed by atoms with Crippen molar-refractivity contribution in [1.29, 1.82) is 0 Å². The first-order valence-electron chi connectivity index (χ1n) is 12.7. The van der Waals surface area contributed by atoms with Crippen LogP contribution >= 0.6 is 0 Å². The van der Waals surface area contributed by atoms with Gasteiger partial charge in [0.05, 0.1) is 11.9 Å². The summed E-state index contributed by atoms with van der Waals surface area (Å²) in [5.41, 5.74) is 5.30. The van der Waals surface area contributed by atoms with Crippen LogP contribution in [0.2, 0.25) is 0 Å². The van der Waals surface area contributed by atoms with Crippen LogP contribution in [0.15, 0.2) is 109 Å². The SMILES string of the molecule is O=C(C=C(O)c1ccccc1)c1ccccc1.[CH2-]c1ccc(F)c2c1-c1c3c(cccc3cc[n+]1[CH2-])C2(C)C.[Ir]. The van der Waals surface area contributed by atoms with Gasteiger partial charge in [0.15, 0.2) is 5.78 Å². The number of aliphatic hydroxyl groups excluding tert-OH is 1. The zero-order valence-electron chi connectivity index (χ0n) is 22.3. The molecule has 0 saturated heterocycles. The Labute approximate surface area is 248 Å². The summed E-state index contributed by atoms with van der Waals surface area (Å²) < 4.78 is 16.5. The number of allylic oxidation sites excluding steroid dienone is 1. The van der Waals surface area contributed by atoms with Crippen molar-refractivity contribution < 1.29 is 39.0 Å². The predicted molar refractivity (Wildman–Crippen MR) is 155 cm³/mol. The first-order valence-corrected chi connectivity index (χ1v) is 12.7. The summed E-state index contributed by atoms with van der Waals surface area (Å²) in [7, 11) is 4.10. The van der Waals surface area contributed by atoms with Crippen LogP contribution in [0.4, 0.5) is 4.39 Å². The van der Waals surface area contributed by atoms with Gasteiger partial charge in [-0.05, 0) is 22.4 Å².